The van der Waals surface area contributed by atoms with E-state index in [1.54, 1.807) is 26.2 Å². The average molecular weight is 327 g/mol. The number of amides is 1. The van der Waals surface area contributed by atoms with Crippen LogP contribution in [0.1, 0.15) is 24.0 Å². The molecule has 0 bridgehead atoms. The van der Waals surface area contributed by atoms with E-state index in [4.69, 9.17) is 9.84 Å². The first kappa shape index (κ1) is 17.5. The molecule has 0 saturated heterocycles. The second kappa shape index (κ2) is 8.15. The molecule has 126 valence electrons. The van der Waals surface area contributed by atoms with E-state index in [1.165, 1.54) is 4.90 Å². The third kappa shape index (κ3) is 4.59. The fourth-order valence-electron chi connectivity index (χ4n) is 2.49. The van der Waals surface area contributed by atoms with Gasteiger partial charge in [-0.3, -0.25) is 9.59 Å². The van der Waals surface area contributed by atoms with Crippen molar-refractivity contribution in [3.63, 3.8) is 0 Å². The van der Waals surface area contributed by atoms with E-state index in [0.29, 0.717) is 5.75 Å². The number of carboxylic acid groups (broad SMARTS) is 1. The maximum Gasteiger partial charge on any atom is 0.323 e. The normalized spacial score (nSPS) is 11.6. The van der Waals surface area contributed by atoms with Crippen LogP contribution >= 0.6 is 0 Å². The minimum absolute atomic E-state index is 0.216. The lowest BCUT2D eigenvalue weighted by atomic mass is 9.99. The van der Waals surface area contributed by atoms with Crippen molar-refractivity contribution in [2.75, 3.05) is 13.7 Å². The van der Waals surface area contributed by atoms with Crippen LogP contribution in [-0.4, -0.2) is 35.5 Å². The van der Waals surface area contributed by atoms with Gasteiger partial charge in [0, 0.05) is 6.54 Å². The van der Waals surface area contributed by atoms with Crippen LogP contribution in [0.15, 0.2) is 54.6 Å². The molecule has 0 radical (unpaired) electrons. The summed E-state index contributed by atoms with van der Waals surface area (Å²) in [6.45, 7) is 1.73. The van der Waals surface area contributed by atoms with E-state index in [1.807, 2.05) is 42.5 Å². The maximum atomic E-state index is 12.8. The van der Waals surface area contributed by atoms with E-state index >= 15 is 0 Å². The van der Waals surface area contributed by atoms with Crippen molar-refractivity contribution in [1.29, 1.82) is 0 Å². The van der Waals surface area contributed by atoms with E-state index in [9.17, 15) is 9.59 Å². The maximum absolute atomic E-state index is 12.8. The Hall–Kier alpha value is -2.82. The van der Waals surface area contributed by atoms with Crippen molar-refractivity contribution >= 4 is 11.9 Å². The van der Waals surface area contributed by atoms with Gasteiger partial charge in [-0.15, -0.1) is 0 Å². The van der Waals surface area contributed by atoms with Crippen LogP contribution in [0, 0.1) is 0 Å². The summed E-state index contributed by atoms with van der Waals surface area (Å²) in [5, 5.41) is 9.12. The molecule has 2 aromatic carbocycles. The zero-order chi connectivity index (χ0) is 17.5. The SMILES string of the molecule is COc1ccc(C(C)C(=O)N(CC(=O)O)Cc2ccccc2)cc1. The predicted molar refractivity (Wildman–Crippen MR) is 90.9 cm³/mol. The lowest BCUT2D eigenvalue weighted by molar-refractivity contribution is -0.145. The number of ether oxygens (including phenoxy) is 1. The molecule has 24 heavy (non-hydrogen) atoms. The summed E-state index contributed by atoms with van der Waals surface area (Å²) in [5.41, 5.74) is 1.72. The minimum atomic E-state index is -1.03. The molecule has 0 heterocycles. The summed E-state index contributed by atoms with van der Waals surface area (Å²) in [7, 11) is 1.58. The summed E-state index contributed by atoms with van der Waals surface area (Å²) >= 11 is 0. The van der Waals surface area contributed by atoms with E-state index in [0.717, 1.165) is 11.1 Å². The molecule has 0 saturated carbocycles. The van der Waals surface area contributed by atoms with Gasteiger partial charge < -0.3 is 14.7 Å². The van der Waals surface area contributed by atoms with Gasteiger partial charge in [-0.1, -0.05) is 42.5 Å². The molecule has 0 aliphatic rings. The van der Waals surface area contributed by atoms with Gasteiger partial charge in [0.1, 0.15) is 12.3 Å². The second-order valence-electron chi connectivity index (χ2n) is 5.57. The van der Waals surface area contributed by atoms with Gasteiger partial charge in [-0.05, 0) is 30.2 Å². The van der Waals surface area contributed by atoms with Gasteiger partial charge in [0.2, 0.25) is 5.91 Å². The van der Waals surface area contributed by atoms with Crippen LogP contribution in [0.25, 0.3) is 0 Å². The third-order valence-electron chi connectivity index (χ3n) is 3.84. The van der Waals surface area contributed by atoms with Crippen molar-refractivity contribution in [2.24, 2.45) is 0 Å². The molecule has 0 aliphatic carbocycles. The van der Waals surface area contributed by atoms with Crippen LogP contribution in [0.3, 0.4) is 0 Å². The minimum Gasteiger partial charge on any atom is -0.497 e. The molecule has 2 rings (SSSR count). The highest BCUT2D eigenvalue weighted by Crippen LogP contribution is 2.22. The monoisotopic (exact) mass is 327 g/mol. The fraction of sp³-hybridized carbons (Fsp3) is 0.263. The topological polar surface area (TPSA) is 66.8 Å². The summed E-state index contributed by atoms with van der Waals surface area (Å²) in [6.07, 6.45) is 0. The number of carboxylic acids is 1. The summed E-state index contributed by atoms with van der Waals surface area (Å²) in [5.74, 6) is -0.961. The Kier molecular flexibility index (Phi) is 5.95. The van der Waals surface area contributed by atoms with Gasteiger partial charge in [-0.25, -0.2) is 0 Å². The number of benzene rings is 2. The molecule has 1 unspecified atom stereocenters. The highest BCUT2D eigenvalue weighted by atomic mass is 16.5. The number of carbonyl (C=O) groups is 2. The molecule has 0 aromatic heterocycles. The smallest absolute Gasteiger partial charge is 0.323 e. The molecule has 5 nitrogen and oxygen atoms in total. The summed E-state index contributed by atoms with van der Waals surface area (Å²) in [4.78, 5) is 25.3. The summed E-state index contributed by atoms with van der Waals surface area (Å²) < 4.78 is 5.12. The molecule has 1 N–H and O–H groups in total. The first-order valence-electron chi connectivity index (χ1n) is 7.69. The standard InChI is InChI=1S/C19H21NO4/c1-14(16-8-10-17(24-2)11-9-16)19(23)20(13-18(21)22)12-15-6-4-3-5-7-15/h3-11,14H,12-13H2,1-2H3,(H,21,22). The molecule has 1 atom stereocenters. The summed E-state index contributed by atoms with van der Waals surface area (Å²) in [6, 6.07) is 16.6. The number of aliphatic carboxylic acids is 1. The molecule has 0 fully saturated rings. The van der Waals surface area contributed by atoms with Crippen LogP contribution in [-0.2, 0) is 16.1 Å². The number of hydrogen-bond donors (Lipinski definition) is 1. The molecular weight excluding hydrogens is 306 g/mol. The van der Waals surface area contributed by atoms with Crippen LogP contribution in [0.4, 0.5) is 0 Å². The van der Waals surface area contributed by atoms with Crippen molar-refractivity contribution in [3.8, 4) is 5.75 Å². The molecule has 2 aromatic rings. The fourth-order valence-corrected chi connectivity index (χ4v) is 2.49. The van der Waals surface area contributed by atoms with Gasteiger partial charge in [-0.2, -0.15) is 0 Å². The number of carbonyl (C=O) groups excluding carboxylic acids is 1. The number of methoxy groups -OCH3 is 1. The molecule has 1 amide bonds. The molecule has 0 aliphatic heterocycles. The first-order valence-corrected chi connectivity index (χ1v) is 7.69. The Morgan fingerprint density at radius 2 is 1.71 bits per heavy atom. The highest BCUT2D eigenvalue weighted by molar-refractivity contribution is 5.86. The van der Waals surface area contributed by atoms with Gasteiger partial charge in [0.05, 0.1) is 13.0 Å². The van der Waals surface area contributed by atoms with Gasteiger partial charge >= 0.3 is 5.97 Å². The number of nitrogens with zero attached hydrogens (tertiary/aromatic N) is 1. The molecular formula is C19H21NO4. The van der Waals surface area contributed by atoms with Crippen molar-refractivity contribution in [2.45, 2.75) is 19.4 Å². The van der Waals surface area contributed by atoms with E-state index < -0.39 is 11.9 Å². The van der Waals surface area contributed by atoms with Crippen molar-refractivity contribution in [3.05, 3.63) is 65.7 Å². The number of rotatable bonds is 7. The molecule has 5 heteroatoms. The lowest BCUT2D eigenvalue weighted by Crippen LogP contribution is -2.37. The Balaban J connectivity index is 2.17. The zero-order valence-electron chi connectivity index (χ0n) is 13.8. The first-order chi connectivity index (χ1) is 11.5. The van der Waals surface area contributed by atoms with Gasteiger partial charge in [0.15, 0.2) is 0 Å². The van der Waals surface area contributed by atoms with Crippen molar-refractivity contribution in [1.82, 2.24) is 4.90 Å². The van der Waals surface area contributed by atoms with Crippen LogP contribution < -0.4 is 4.74 Å². The lowest BCUT2D eigenvalue weighted by Gasteiger charge is -2.24. The largest absolute Gasteiger partial charge is 0.497 e. The predicted octanol–water partition coefficient (Wildman–Crippen LogP) is 2.91. The van der Waals surface area contributed by atoms with Crippen LogP contribution in [0.2, 0.25) is 0 Å². The Morgan fingerprint density at radius 3 is 2.25 bits per heavy atom. The van der Waals surface area contributed by atoms with Crippen LogP contribution in [0.5, 0.6) is 5.75 Å². The quantitative estimate of drug-likeness (QED) is 0.849. The highest BCUT2D eigenvalue weighted by Gasteiger charge is 2.24. The van der Waals surface area contributed by atoms with Gasteiger partial charge in [0.25, 0.3) is 0 Å². The Labute approximate surface area is 141 Å². The average Bonchev–Trinajstić information content (AvgIpc) is 2.60. The molecule has 0 spiro atoms. The number of hydrogen-bond acceptors (Lipinski definition) is 3. The second-order valence-corrected chi connectivity index (χ2v) is 5.57. The zero-order valence-corrected chi connectivity index (χ0v) is 13.8. The third-order valence-corrected chi connectivity index (χ3v) is 3.84. The van der Waals surface area contributed by atoms with E-state index in [-0.39, 0.29) is 19.0 Å². The van der Waals surface area contributed by atoms with E-state index in [2.05, 4.69) is 0 Å². The Morgan fingerprint density at radius 1 is 1.08 bits per heavy atom. The Bertz CT molecular complexity index is 682. The van der Waals surface area contributed by atoms with Crippen molar-refractivity contribution < 1.29 is 19.4 Å².